The van der Waals surface area contributed by atoms with E-state index in [0.29, 0.717) is 22.8 Å². The van der Waals surface area contributed by atoms with Gasteiger partial charge < -0.3 is 14.5 Å². The van der Waals surface area contributed by atoms with Crippen molar-refractivity contribution in [3.8, 4) is 17.4 Å². The van der Waals surface area contributed by atoms with Gasteiger partial charge in [-0.1, -0.05) is 28.1 Å². The third-order valence-electron chi connectivity index (χ3n) is 3.97. The van der Waals surface area contributed by atoms with Crippen molar-refractivity contribution < 1.29 is 18.7 Å². The highest BCUT2D eigenvalue weighted by Gasteiger charge is 2.12. The average molecular weight is 451 g/mol. The van der Waals surface area contributed by atoms with Gasteiger partial charge in [-0.25, -0.2) is 4.79 Å². The Balaban J connectivity index is 1.74. The van der Waals surface area contributed by atoms with E-state index in [9.17, 15) is 14.9 Å². The molecule has 0 aliphatic rings. The molecule has 0 saturated carbocycles. The lowest BCUT2D eigenvalue weighted by Gasteiger charge is -2.05. The van der Waals surface area contributed by atoms with Crippen molar-refractivity contribution in [2.24, 2.45) is 0 Å². The van der Waals surface area contributed by atoms with Crippen LogP contribution in [0.1, 0.15) is 16.1 Å². The topological polar surface area (TPSA) is 92.3 Å². The number of halogens is 1. The number of carbonyl (C=O) groups is 2. The number of hydrogen-bond donors (Lipinski definition) is 1. The summed E-state index contributed by atoms with van der Waals surface area (Å²) in [4.78, 5) is 23.8. The number of nitrogens with one attached hydrogen (secondary N) is 1. The van der Waals surface area contributed by atoms with Crippen molar-refractivity contribution in [2.45, 2.75) is 0 Å². The predicted octanol–water partition coefficient (Wildman–Crippen LogP) is 5.04. The van der Waals surface area contributed by atoms with Crippen molar-refractivity contribution in [1.29, 1.82) is 5.26 Å². The fraction of sp³-hybridized carbons (Fsp3) is 0.0455. The van der Waals surface area contributed by atoms with Crippen LogP contribution in [0.3, 0.4) is 0 Å². The summed E-state index contributed by atoms with van der Waals surface area (Å²) in [5, 5.41) is 12.0. The van der Waals surface area contributed by atoms with Gasteiger partial charge in [0.1, 0.15) is 23.2 Å². The maximum Gasteiger partial charge on any atom is 0.337 e. The summed E-state index contributed by atoms with van der Waals surface area (Å²) in [6, 6.07) is 19.1. The van der Waals surface area contributed by atoms with Crippen LogP contribution in [-0.4, -0.2) is 19.0 Å². The zero-order chi connectivity index (χ0) is 20.8. The van der Waals surface area contributed by atoms with E-state index in [4.69, 9.17) is 4.42 Å². The molecule has 1 aromatic heterocycles. The summed E-state index contributed by atoms with van der Waals surface area (Å²) < 4.78 is 11.3. The van der Waals surface area contributed by atoms with Gasteiger partial charge in [0, 0.05) is 21.8 Å². The van der Waals surface area contributed by atoms with Gasteiger partial charge in [-0.2, -0.15) is 5.26 Å². The number of rotatable bonds is 5. The molecule has 29 heavy (non-hydrogen) atoms. The van der Waals surface area contributed by atoms with Gasteiger partial charge in [0.15, 0.2) is 0 Å². The average Bonchev–Trinajstić information content (AvgIpc) is 3.21. The van der Waals surface area contributed by atoms with E-state index < -0.39 is 11.9 Å². The van der Waals surface area contributed by atoms with Crippen LogP contribution in [0.2, 0.25) is 0 Å². The van der Waals surface area contributed by atoms with Crippen LogP contribution in [0, 0.1) is 11.3 Å². The van der Waals surface area contributed by atoms with E-state index in [0.717, 1.165) is 10.0 Å². The van der Waals surface area contributed by atoms with E-state index in [1.54, 1.807) is 24.3 Å². The van der Waals surface area contributed by atoms with E-state index in [2.05, 4.69) is 26.0 Å². The molecule has 0 aliphatic carbocycles. The molecule has 0 spiro atoms. The first-order valence-electron chi connectivity index (χ1n) is 8.47. The Bertz CT molecular complexity index is 1110. The summed E-state index contributed by atoms with van der Waals surface area (Å²) in [7, 11) is 1.29. The molecule has 7 heteroatoms. The number of anilines is 1. The van der Waals surface area contributed by atoms with Crippen LogP contribution >= 0.6 is 15.9 Å². The Hall–Kier alpha value is -3.63. The number of amides is 1. The second-order valence-corrected chi connectivity index (χ2v) is 6.82. The Labute approximate surface area is 175 Å². The fourth-order valence-corrected chi connectivity index (χ4v) is 2.76. The zero-order valence-corrected chi connectivity index (χ0v) is 16.9. The van der Waals surface area contributed by atoms with Crippen LogP contribution in [-0.2, 0) is 9.53 Å². The number of ether oxygens (including phenoxy) is 1. The molecule has 1 amide bonds. The number of methoxy groups -OCH3 is 1. The van der Waals surface area contributed by atoms with Crippen molar-refractivity contribution in [2.75, 3.05) is 12.4 Å². The Morgan fingerprint density at radius 1 is 1.07 bits per heavy atom. The van der Waals surface area contributed by atoms with E-state index in [1.165, 1.54) is 25.3 Å². The second-order valence-electron chi connectivity index (χ2n) is 5.90. The standard InChI is InChI=1S/C22H15BrN2O4/c1-28-22(27)15-4-8-18(9-5-15)25-21(26)16(13-24)12-19-10-11-20(29-19)14-2-6-17(23)7-3-14/h2-12H,1H3,(H,25,26)/b16-12+. The zero-order valence-electron chi connectivity index (χ0n) is 15.3. The Kier molecular flexibility index (Phi) is 6.27. The second kappa shape index (κ2) is 9.04. The number of hydrogen-bond acceptors (Lipinski definition) is 5. The monoisotopic (exact) mass is 450 g/mol. The molecule has 6 nitrogen and oxygen atoms in total. The first-order chi connectivity index (χ1) is 14.0. The molecule has 0 radical (unpaired) electrons. The summed E-state index contributed by atoms with van der Waals surface area (Å²) >= 11 is 3.38. The highest BCUT2D eigenvalue weighted by Crippen LogP contribution is 2.25. The summed E-state index contributed by atoms with van der Waals surface area (Å²) in [6.07, 6.45) is 1.38. The molecule has 1 N–H and O–H groups in total. The number of benzene rings is 2. The minimum absolute atomic E-state index is 0.112. The van der Waals surface area contributed by atoms with Crippen LogP contribution < -0.4 is 5.32 Å². The highest BCUT2D eigenvalue weighted by atomic mass is 79.9. The van der Waals surface area contributed by atoms with Gasteiger partial charge in [-0.15, -0.1) is 0 Å². The summed E-state index contributed by atoms with van der Waals surface area (Å²) in [5.74, 6) is -0.0460. The molecule has 144 valence electrons. The molecule has 0 bridgehead atoms. The summed E-state index contributed by atoms with van der Waals surface area (Å²) in [6.45, 7) is 0. The van der Waals surface area contributed by atoms with Gasteiger partial charge in [0.25, 0.3) is 5.91 Å². The van der Waals surface area contributed by atoms with Crippen molar-refractivity contribution >= 4 is 39.6 Å². The number of esters is 1. The lowest BCUT2D eigenvalue weighted by molar-refractivity contribution is -0.112. The third-order valence-corrected chi connectivity index (χ3v) is 4.50. The molecular formula is C22H15BrN2O4. The van der Waals surface area contributed by atoms with Crippen LogP contribution in [0.4, 0.5) is 5.69 Å². The Morgan fingerprint density at radius 2 is 1.76 bits per heavy atom. The van der Waals surface area contributed by atoms with Crippen molar-refractivity contribution in [3.63, 3.8) is 0 Å². The lowest BCUT2D eigenvalue weighted by Crippen LogP contribution is -2.13. The van der Waals surface area contributed by atoms with Gasteiger partial charge in [-0.3, -0.25) is 4.79 Å². The van der Waals surface area contributed by atoms with Gasteiger partial charge in [-0.05, 0) is 48.5 Å². The third kappa shape index (κ3) is 5.00. The summed E-state index contributed by atoms with van der Waals surface area (Å²) in [5.41, 5.74) is 1.57. The largest absolute Gasteiger partial charge is 0.465 e. The molecule has 3 aromatic rings. The lowest BCUT2D eigenvalue weighted by atomic mass is 10.2. The van der Waals surface area contributed by atoms with Gasteiger partial charge >= 0.3 is 5.97 Å². The maximum atomic E-state index is 12.4. The molecule has 2 aromatic carbocycles. The molecule has 0 saturated heterocycles. The molecule has 0 fully saturated rings. The number of nitriles is 1. The quantitative estimate of drug-likeness (QED) is 0.333. The minimum Gasteiger partial charge on any atom is -0.465 e. The van der Waals surface area contributed by atoms with Crippen LogP contribution in [0.5, 0.6) is 0 Å². The predicted molar refractivity (Wildman–Crippen MR) is 112 cm³/mol. The van der Waals surface area contributed by atoms with E-state index >= 15 is 0 Å². The molecule has 0 atom stereocenters. The molecule has 3 rings (SSSR count). The van der Waals surface area contributed by atoms with Crippen molar-refractivity contribution in [1.82, 2.24) is 0 Å². The van der Waals surface area contributed by atoms with E-state index in [-0.39, 0.29) is 5.57 Å². The number of carbonyl (C=O) groups excluding carboxylic acids is 2. The smallest absolute Gasteiger partial charge is 0.337 e. The maximum absolute atomic E-state index is 12.4. The molecule has 0 unspecified atom stereocenters. The minimum atomic E-state index is -0.583. The molecular weight excluding hydrogens is 436 g/mol. The van der Waals surface area contributed by atoms with Crippen molar-refractivity contribution in [3.05, 3.63) is 82.0 Å². The number of furan rings is 1. The first-order valence-corrected chi connectivity index (χ1v) is 9.27. The highest BCUT2D eigenvalue weighted by molar-refractivity contribution is 9.10. The van der Waals surface area contributed by atoms with Gasteiger partial charge in [0.2, 0.25) is 0 Å². The first kappa shape index (κ1) is 20.1. The van der Waals surface area contributed by atoms with Crippen LogP contribution in [0.15, 0.2) is 75.1 Å². The van der Waals surface area contributed by atoms with Crippen LogP contribution in [0.25, 0.3) is 17.4 Å². The van der Waals surface area contributed by atoms with E-state index in [1.807, 2.05) is 30.3 Å². The SMILES string of the molecule is COC(=O)c1ccc(NC(=O)/C(C#N)=C/c2ccc(-c3ccc(Br)cc3)o2)cc1. The fourth-order valence-electron chi connectivity index (χ4n) is 2.50. The normalized spacial score (nSPS) is 10.9. The molecule has 0 aliphatic heterocycles. The molecule has 1 heterocycles. The van der Waals surface area contributed by atoms with Gasteiger partial charge in [0.05, 0.1) is 12.7 Å². The Morgan fingerprint density at radius 3 is 2.38 bits per heavy atom. The number of nitrogens with zero attached hydrogens (tertiary/aromatic N) is 1.